The maximum Gasteiger partial charge on any atom is 0.469 e. The summed E-state index contributed by atoms with van der Waals surface area (Å²) < 4.78 is 21.8. The molecule has 3 fully saturated rings. The van der Waals surface area contributed by atoms with E-state index in [-0.39, 0.29) is 11.8 Å². The molecule has 1 spiro atoms. The molecule has 4 heterocycles. The predicted molar refractivity (Wildman–Crippen MR) is 125 cm³/mol. The van der Waals surface area contributed by atoms with Gasteiger partial charge in [0.25, 0.3) is 0 Å². The minimum Gasteiger partial charge on any atom is -0.388 e. The van der Waals surface area contributed by atoms with Gasteiger partial charge in [0, 0.05) is 5.54 Å². The number of aliphatic hydroxyl groups is 3. The second-order valence-corrected chi connectivity index (χ2v) is 11.9. The molecular formula is C23H39N2O9P. The molecule has 35 heavy (non-hydrogen) atoms. The van der Waals surface area contributed by atoms with E-state index in [2.05, 4.69) is 15.2 Å². The summed E-state index contributed by atoms with van der Waals surface area (Å²) in [4.78, 5) is 30.8. The lowest BCUT2D eigenvalue weighted by Gasteiger charge is -2.51. The van der Waals surface area contributed by atoms with Crippen molar-refractivity contribution in [1.82, 2.24) is 10.6 Å². The Labute approximate surface area is 205 Å². The summed E-state index contributed by atoms with van der Waals surface area (Å²) in [5, 5.41) is 39.7. The van der Waals surface area contributed by atoms with Gasteiger partial charge in [-0.05, 0) is 44.1 Å². The molecule has 1 amide bonds. The topological polar surface area (TPSA) is 178 Å². The molecule has 12 heteroatoms. The highest BCUT2D eigenvalue weighted by Gasteiger charge is 2.57. The Kier molecular flexibility index (Phi) is 8.42. The summed E-state index contributed by atoms with van der Waals surface area (Å²) in [7, 11) is -4.79. The van der Waals surface area contributed by atoms with Gasteiger partial charge in [0.2, 0.25) is 5.91 Å². The van der Waals surface area contributed by atoms with E-state index in [0.717, 1.165) is 44.9 Å². The Morgan fingerprint density at radius 1 is 1.00 bits per heavy atom. The smallest absolute Gasteiger partial charge is 0.388 e. The SMILES string of the molecule is O=C1/C=C\C2CCC3(CCCCCCCCC(C4OC(COP(=O)(O)O)C(O)C4O)(C2)NC3O)N1. The summed E-state index contributed by atoms with van der Waals surface area (Å²) in [6.07, 6.45) is 6.13. The maximum absolute atomic E-state index is 12.6. The molecule has 0 saturated carbocycles. The van der Waals surface area contributed by atoms with Crippen LogP contribution in [0.25, 0.3) is 0 Å². The van der Waals surface area contributed by atoms with Gasteiger partial charge in [0.05, 0.1) is 12.1 Å². The van der Waals surface area contributed by atoms with E-state index in [1.807, 2.05) is 6.08 Å². The lowest BCUT2D eigenvalue weighted by Crippen LogP contribution is -2.71. The van der Waals surface area contributed by atoms with Gasteiger partial charge in [0.1, 0.15) is 30.6 Å². The van der Waals surface area contributed by atoms with Crippen molar-refractivity contribution >= 4 is 13.7 Å². The quantitative estimate of drug-likeness (QED) is 0.261. The van der Waals surface area contributed by atoms with Crippen molar-refractivity contribution < 1.29 is 43.7 Å². The van der Waals surface area contributed by atoms with Crippen molar-refractivity contribution in [3.05, 3.63) is 12.2 Å². The number of phosphoric ester groups is 1. The zero-order valence-corrected chi connectivity index (χ0v) is 20.8. The number of fused-ring (bicyclic) bond motifs is 4. The minimum atomic E-state index is -4.79. The van der Waals surface area contributed by atoms with E-state index in [1.54, 1.807) is 0 Å². The number of amides is 1. The van der Waals surface area contributed by atoms with Crippen LogP contribution in [0.3, 0.4) is 0 Å². The molecule has 3 bridgehead atoms. The van der Waals surface area contributed by atoms with Gasteiger partial charge >= 0.3 is 7.82 Å². The minimum absolute atomic E-state index is 0.0262. The second kappa shape index (κ2) is 10.8. The third-order valence-electron chi connectivity index (χ3n) is 8.24. The monoisotopic (exact) mass is 518 g/mol. The van der Waals surface area contributed by atoms with E-state index in [4.69, 9.17) is 14.5 Å². The number of aliphatic hydroxyl groups excluding tert-OH is 3. The van der Waals surface area contributed by atoms with Gasteiger partial charge in [-0.1, -0.05) is 44.6 Å². The van der Waals surface area contributed by atoms with Crippen LogP contribution < -0.4 is 10.6 Å². The molecule has 4 rings (SSSR count). The van der Waals surface area contributed by atoms with Gasteiger partial charge in [-0.2, -0.15) is 0 Å². The van der Waals surface area contributed by atoms with Gasteiger partial charge in [-0.25, -0.2) is 4.57 Å². The van der Waals surface area contributed by atoms with Crippen molar-refractivity contribution in [2.45, 2.75) is 112 Å². The Balaban J connectivity index is 1.70. The Bertz CT molecular complexity index is 838. The Morgan fingerprint density at radius 3 is 2.34 bits per heavy atom. The molecule has 11 nitrogen and oxygen atoms in total. The first-order chi connectivity index (χ1) is 16.5. The molecule has 0 aromatic heterocycles. The third kappa shape index (κ3) is 6.17. The summed E-state index contributed by atoms with van der Waals surface area (Å²) in [6, 6.07) is 0. The maximum atomic E-state index is 12.6. The number of rotatable bonds is 4. The molecular weight excluding hydrogens is 479 g/mol. The lowest BCUT2D eigenvalue weighted by atomic mass is 9.70. The Hall–Kier alpha value is -0.880. The molecule has 8 unspecified atom stereocenters. The van der Waals surface area contributed by atoms with Crippen molar-refractivity contribution in [3.63, 3.8) is 0 Å². The number of hydrogen-bond donors (Lipinski definition) is 7. The first-order valence-corrected chi connectivity index (χ1v) is 14.2. The van der Waals surface area contributed by atoms with Crippen LogP contribution in [0.15, 0.2) is 12.2 Å². The molecule has 4 aliphatic rings. The van der Waals surface area contributed by atoms with Crippen LogP contribution in [-0.2, 0) is 18.6 Å². The molecule has 8 atom stereocenters. The molecule has 0 aromatic rings. The number of ether oxygens (including phenoxy) is 1. The van der Waals surface area contributed by atoms with Crippen LogP contribution in [0.1, 0.15) is 70.6 Å². The van der Waals surface area contributed by atoms with Crippen molar-refractivity contribution in [2.75, 3.05) is 6.61 Å². The highest BCUT2D eigenvalue weighted by Crippen LogP contribution is 2.44. The number of phosphoric acid groups is 1. The van der Waals surface area contributed by atoms with E-state index in [1.165, 1.54) is 6.08 Å². The van der Waals surface area contributed by atoms with Crippen LogP contribution in [0, 0.1) is 5.92 Å². The van der Waals surface area contributed by atoms with Crippen LogP contribution in [0.4, 0.5) is 0 Å². The van der Waals surface area contributed by atoms with Gasteiger partial charge in [0.15, 0.2) is 0 Å². The summed E-state index contributed by atoms with van der Waals surface area (Å²) >= 11 is 0. The summed E-state index contributed by atoms with van der Waals surface area (Å²) in [6.45, 7) is -0.582. The van der Waals surface area contributed by atoms with E-state index < -0.39 is 56.2 Å². The molecule has 0 aromatic carbocycles. The number of nitrogens with one attached hydrogen (secondary N) is 2. The van der Waals surface area contributed by atoms with Gasteiger partial charge in [-0.3, -0.25) is 14.6 Å². The zero-order valence-electron chi connectivity index (χ0n) is 19.9. The number of allylic oxidation sites excluding steroid dienone is 1. The zero-order chi connectivity index (χ0) is 25.3. The first-order valence-electron chi connectivity index (χ1n) is 12.7. The van der Waals surface area contributed by atoms with Gasteiger partial charge in [-0.15, -0.1) is 0 Å². The highest BCUT2D eigenvalue weighted by atomic mass is 31.2. The summed E-state index contributed by atoms with van der Waals surface area (Å²) in [5.41, 5.74) is -1.82. The largest absolute Gasteiger partial charge is 0.469 e. The molecule has 4 aliphatic heterocycles. The van der Waals surface area contributed by atoms with E-state index >= 15 is 0 Å². The molecule has 7 N–H and O–H groups in total. The van der Waals surface area contributed by atoms with Crippen molar-refractivity contribution in [1.29, 1.82) is 0 Å². The lowest BCUT2D eigenvalue weighted by molar-refractivity contribution is -0.127. The predicted octanol–water partition coefficient (Wildman–Crippen LogP) is 0.591. The van der Waals surface area contributed by atoms with Crippen molar-refractivity contribution in [2.24, 2.45) is 5.92 Å². The van der Waals surface area contributed by atoms with Crippen molar-refractivity contribution in [3.8, 4) is 0 Å². The average molecular weight is 519 g/mol. The molecule has 200 valence electrons. The standard InChI is InChI=1S/C23H39N2O9P/c26-17-8-7-15-9-12-22(24-17)10-5-3-1-2-4-6-11-23(13-15,25-21(22)29)20-19(28)18(27)16(34-20)14-33-35(30,31)32/h7-8,15-16,18-21,25,27-29H,1-6,9-14H2,(H,24,26)(H2,30,31,32)/b8-7-. The Morgan fingerprint density at radius 2 is 1.66 bits per heavy atom. The number of carbonyl (C=O) groups is 1. The molecule has 0 aliphatic carbocycles. The van der Waals surface area contributed by atoms with Gasteiger partial charge < -0.3 is 35.2 Å². The number of hydrogen-bond acceptors (Lipinski definition) is 8. The van der Waals surface area contributed by atoms with Crippen LogP contribution in [0.5, 0.6) is 0 Å². The molecule has 3 saturated heterocycles. The fraction of sp³-hybridized carbons (Fsp3) is 0.870. The van der Waals surface area contributed by atoms with Crippen LogP contribution in [0.2, 0.25) is 0 Å². The highest BCUT2D eigenvalue weighted by molar-refractivity contribution is 7.46. The molecule has 0 radical (unpaired) electrons. The van der Waals surface area contributed by atoms with E-state index in [9.17, 15) is 24.7 Å². The number of carbonyl (C=O) groups excluding carboxylic acids is 1. The third-order valence-corrected chi connectivity index (χ3v) is 8.72. The second-order valence-electron chi connectivity index (χ2n) is 10.7. The fourth-order valence-electron chi connectivity index (χ4n) is 6.37. The van der Waals surface area contributed by atoms with Crippen LogP contribution >= 0.6 is 7.82 Å². The average Bonchev–Trinajstić information content (AvgIpc) is 3.06. The van der Waals surface area contributed by atoms with Crippen LogP contribution in [-0.4, -0.2) is 79.3 Å². The van der Waals surface area contributed by atoms with E-state index in [0.29, 0.717) is 25.7 Å². The summed E-state index contributed by atoms with van der Waals surface area (Å²) in [5.74, 6) is -0.265. The fourth-order valence-corrected chi connectivity index (χ4v) is 6.71. The first kappa shape index (κ1) is 27.2. The normalized spacial score (nSPS) is 44.3.